The fourth-order valence-electron chi connectivity index (χ4n) is 2.74. The predicted octanol–water partition coefficient (Wildman–Crippen LogP) is 1.90. The van der Waals surface area contributed by atoms with Gasteiger partial charge in [0.25, 0.3) is 5.91 Å². The van der Waals surface area contributed by atoms with Crippen molar-refractivity contribution in [2.45, 2.75) is 13.2 Å². The Bertz CT molecular complexity index is 1270. The molecule has 152 valence electrons. The zero-order valence-corrected chi connectivity index (χ0v) is 16.1. The number of hydrogen-bond acceptors (Lipinski definition) is 9. The summed E-state index contributed by atoms with van der Waals surface area (Å²) in [7, 11) is 0. The second kappa shape index (κ2) is 8.79. The molecule has 0 aliphatic carbocycles. The molecule has 0 fully saturated rings. The number of ether oxygens (including phenoxy) is 1. The Kier molecular flexibility index (Phi) is 5.57. The fourth-order valence-corrected chi connectivity index (χ4v) is 2.74. The second-order valence-corrected chi connectivity index (χ2v) is 6.42. The van der Waals surface area contributed by atoms with Crippen molar-refractivity contribution in [1.29, 1.82) is 5.26 Å². The Morgan fingerprint density at radius 3 is 2.65 bits per heavy atom. The first-order chi connectivity index (χ1) is 15.1. The van der Waals surface area contributed by atoms with Gasteiger partial charge in [0.15, 0.2) is 11.4 Å². The SMILES string of the molecule is N#Cc1ccc(CNC(=O)c2ncc3nc(OCc4cncnc4)ccc3c2O)cn1. The number of aromatic hydroxyl groups is 1. The van der Waals surface area contributed by atoms with Crippen molar-refractivity contribution in [3.8, 4) is 17.7 Å². The third-order valence-corrected chi connectivity index (χ3v) is 4.30. The van der Waals surface area contributed by atoms with Crippen LogP contribution in [0.15, 0.2) is 55.4 Å². The van der Waals surface area contributed by atoms with Gasteiger partial charge in [0.1, 0.15) is 24.7 Å². The van der Waals surface area contributed by atoms with Crippen molar-refractivity contribution in [2.75, 3.05) is 0 Å². The number of pyridine rings is 3. The standard InChI is InChI=1S/C21H15N7O3/c22-5-15-2-1-13(8-25-15)9-27-21(30)19-20(29)16-3-4-18(28-17(16)10-26-19)31-11-14-6-23-12-24-7-14/h1-4,6-8,10,12,29H,9,11H2,(H,27,30). The molecule has 4 rings (SSSR count). The Morgan fingerprint density at radius 2 is 1.90 bits per heavy atom. The first-order valence-electron chi connectivity index (χ1n) is 9.12. The molecule has 0 unspecified atom stereocenters. The van der Waals surface area contributed by atoms with Crippen LogP contribution in [0.2, 0.25) is 0 Å². The molecule has 0 saturated carbocycles. The predicted molar refractivity (Wildman–Crippen MR) is 108 cm³/mol. The van der Waals surface area contributed by atoms with Crippen LogP contribution in [0.1, 0.15) is 27.3 Å². The van der Waals surface area contributed by atoms with Gasteiger partial charge in [-0.25, -0.2) is 24.9 Å². The summed E-state index contributed by atoms with van der Waals surface area (Å²) in [5.74, 6) is -0.486. The summed E-state index contributed by atoms with van der Waals surface area (Å²) >= 11 is 0. The summed E-state index contributed by atoms with van der Waals surface area (Å²) in [4.78, 5) is 32.6. The molecule has 4 aromatic rings. The normalized spacial score (nSPS) is 10.4. The molecule has 4 aromatic heterocycles. The topological polar surface area (TPSA) is 147 Å². The van der Waals surface area contributed by atoms with Crippen molar-refractivity contribution in [3.63, 3.8) is 0 Å². The lowest BCUT2D eigenvalue weighted by Gasteiger charge is -2.09. The Hall–Kier alpha value is -4.65. The van der Waals surface area contributed by atoms with Crippen molar-refractivity contribution in [2.24, 2.45) is 0 Å². The van der Waals surface area contributed by atoms with E-state index in [-0.39, 0.29) is 30.3 Å². The summed E-state index contributed by atoms with van der Waals surface area (Å²) in [6, 6.07) is 8.38. The number of aromatic nitrogens is 5. The molecule has 10 nitrogen and oxygen atoms in total. The van der Waals surface area contributed by atoms with Gasteiger partial charge in [0, 0.05) is 42.2 Å². The minimum absolute atomic E-state index is 0.119. The number of nitrogens with one attached hydrogen (secondary N) is 1. The quantitative estimate of drug-likeness (QED) is 0.483. The van der Waals surface area contributed by atoms with Crippen LogP contribution in [0.3, 0.4) is 0 Å². The van der Waals surface area contributed by atoms with Crippen molar-refractivity contribution in [1.82, 2.24) is 30.2 Å². The summed E-state index contributed by atoms with van der Waals surface area (Å²) in [6.45, 7) is 0.411. The number of nitrogens with zero attached hydrogens (tertiary/aromatic N) is 6. The van der Waals surface area contributed by atoms with Crippen LogP contribution in [-0.2, 0) is 13.2 Å². The molecule has 0 radical (unpaired) electrons. The van der Waals surface area contributed by atoms with Crippen LogP contribution in [0.5, 0.6) is 11.6 Å². The van der Waals surface area contributed by atoms with Gasteiger partial charge < -0.3 is 15.2 Å². The molecule has 0 aliphatic rings. The van der Waals surface area contributed by atoms with Crippen molar-refractivity contribution in [3.05, 3.63) is 77.9 Å². The van der Waals surface area contributed by atoms with E-state index in [0.717, 1.165) is 5.56 Å². The summed E-state index contributed by atoms with van der Waals surface area (Å²) < 4.78 is 5.62. The Morgan fingerprint density at radius 1 is 1.06 bits per heavy atom. The minimum Gasteiger partial charge on any atom is -0.505 e. The summed E-state index contributed by atoms with van der Waals surface area (Å²) in [6.07, 6.45) is 7.60. The molecule has 31 heavy (non-hydrogen) atoms. The van der Waals surface area contributed by atoms with E-state index in [9.17, 15) is 9.90 Å². The van der Waals surface area contributed by atoms with Gasteiger partial charge in [-0.15, -0.1) is 0 Å². The van der Waals surface area contributed by atoms with E-state index in [2.05, 4.69) is 30.2 Å². The summed E-state index contributed by atoms with van der Waals surface area (Å²) in [5.41, 5.74) is 2.05. The molecule has 2 N–H and O–H groups in total. The van der Waals surface area contributed by atoms with Crippen molar-refractivity contribution >= 4 is 16.8 Å². The largest absolute Gasteiger partial charge is 0.505 e. The molecule has 0 saturated heterocycles. The molecule has 4 heterocycles. The van der Waals surface area contributed by atoms with Crippen LogP contribution in [0, 0.1) is 11.3 Å². The highest BCUT2D eigenvalue weighted by molar-refractivity contribution is 6.00. The zero-order valence-electron chi connectivity index (χ0n) is 16.1. The number of carbonyl (C=O) groups is 1. The van der Waals surface area contributed by atoms with Crippen molar-refractivity contribution < 1.29 is 14.6 Å². The molecular weight excluding hydrogens is 398 g/mol. The minimum atomic E-state index is -0.548. The van der Waals surface area contributed by atoms with Crippen LogP contribution in [0.4, 0.5) is 0 Å². The van der Waals surface area contributed by atoms with E-state index in [1.807, 2.05) is 6.07 Å². The maximum Gasteiger partial charge on any atom is 0.274 e. The highest BCUT2D eigenvalue weighted by atomic mass is 16.5. The second-order valence-electron chi connectivity index (χ2n) is 6.42. The van der Waals surface area contributed by atoms with Crippen LogP contribution >= 0.6 is 0 Å². The third-order valence-electron chi connectivity index (χ3n) is 4.30. The Labute approximate surface area is 176 Å². The molecule has 0 aliphatic heterocycles. The van der Waals surface area contributed by atoms with Gasteiger partial charge >= 0.3 is 0 Å². The van der Waals surface area contributed by atoms with E-state index < -0.39 is 5.91 Å². The highest BCUT2D eigenvalue weighted by Gasteiger charge is 2.17. The number of rotatable bonds is 6. The van der Waals surface area contributed by atoms with Gasteiger partial charge in [-0.2, -0.15) is 5.26 Å². The van der Waals surface area contributed by atoms with Gasteiger partial charge in [-0.1, -0.05) is 6.07 Å². The highest BCUT2D eigenvalue weighted by Crippen LogP contribution is 2.27. The van der Waals surface area contributed by atoms with Crippen LogP contribution in [-0.4, -0.2) is 35.9 Å². The van der Waals surface area contributed by atoms with E-state index in [1.165, 1.54) is 18.7 Å². The lowest BCUT2D eigenvalue weighted by molar-refractivity contribution is 0.0943. The first-order valence-corrected chi connectivity index (χ1v) is 9.12. The van der Waals surface area contributed by atoms with Crippen LogP contribution in [0.25, 0.3) is 10.9 Å². The van der Waals surface area contributed by atoms with E-state index >= 15 is 0 Å². The molecule has 0 spiro atoms. The lowest BCUT2D eigenvalue weighted by atomic mass is 10.2. The molecular formula is C21H15N7O3. The average Bonchev–Trinajstić information content (AvgIpc) is 2.82. The number of nitriles is 1. The summed E-state index contributed by atoms with van der Waals surface area (Å²) in [5, 5.41) is 22.3. The first kappa shape index (κ1) is 19.7. The van der Waals surface area contributed by atoms with Gasteiger partial charge in [0.05, 0.1) is 11.7 Å². The number of hydrogen-bond donors (Lipinski definition) is 2. The van der Waals surface area contributed by atoms with E-state index in [1.54, 1.807) is 36.7 Å². The van der Waals surface area contributed by atoms with Gasteiger partial charge in [-0.3, -0.25) is 4.79 Å². The zero-order chi connectivity index (χ0) is 21.6. The van der Waals surface area contributed by atoms with Gasteiger partial charge in [-0.05, 0) is 17.7 Å². The maximum absolute atomic E-state index is 12.5. The molecule has 0 bridgehead atoms. The van der Waals surface area contributed by atoms with Gasteiger partial charge in [0.2, 0.25) is 5.88 Å². The molecule has 1 amide bonds. The monoisotopic (exact) mass is 413 g/mol. The van der Waals surface area contributed by atoms with E-state index in [0.29, 0.717) is 22.3 Å². The average molecular weight is 413 g/mol. The maximum atomic E-state index is 12.5. The fraction of sp³-hybridized carbons (Fsp3) is 0.0952. The third kappa shape index (κ3) is 4.51. The molecule has 10 heteroatoms. The number of fused-ring (bicyclic) bond motifs is 1. The van der Waals surface area contributed by atoms with E-state index in [4.69, 9.17) is 10.00 Å². The smallest absolute Gasteiger partial charge is 0.274 e. The van der Waals surface area contributed by atoms with Crippen LogP contribution < -0.4 is 10.1 Å². The number of carbonyl (C=O) groups excluding carboxylic acids is 1. The molecule has 0 atom stereocenters. The molecule has 0 aromatic carbocycles. The lowest BCUT2D eigenvalue weighted by Crippen LogP contribution is -2.24. The number of amides is 1. The Balaban J connectivity index is 1.46.